The Morgan fingerprint density at radius 2 is 2.10 bits per heavy atom. The van der Waals surface area contributed by atoms with Gasteiger partial charge in [-0.3, -0.25) is 0 Å². The molecular formula is C15H23N3O2. The molecule has 1 fully saturated rings. The zero-order valence-corrected chi connectivity index (χ0v) is 12.5. The molecule has 0 radical (unpaired) electrons. The maximum Gasteiger partial charge on any atom is 0.343 e. The van der Waals surface area contributed by atoms with Gasteiger partial charge in [0.05, 0.1) is 12.3 Å². The standard InChI is InChI=1S/C15H23N3O2/c1-4-10-6-7-11(8-10)14-17-9(3)12(13(16)18-14)15(19)20-5-2/h10-11H,4-8H2,1-3H3,(H2,16,17,18). The molecular weight excluding hydrogens is 254 g/mol. The summed E-state index contributed by atoms with van der Waals surface area (Å²) in [4.78, 5) is 20.7. The van der Waals surface area contributed by atoms with Gasteiger partial charge in [0.2, 0.25) is 0 Å². The maximum atomic E-state index is 11.8. The molecule has 2 N–H and O–H groups in total. The number of carbonyl (C=O) groups is 1. The van der Waals surface area contributed by atoms with Crippen molar-refractivity contribution < 1.29 is 9.53 Å². The summed E-state index contributed by atoms with van der Waals surface area (Å²) in [6, 6.07) is 0. The predicted octanol–water partition coefficient (Wildman–Crippen LogP) is 2.84. The molecule has 1 aromatic heterocycles. The van der Waals surface area contributed by atoms with Crippen LogP contribution in [0, 0.1) is 12.8 Å². The summed E-state index contributed by atoms with van der Waals surface area (Å²) in [6.45, 7) is 6.10. The summed E-state index contributed by atoms with van der Waals surface area (Å²) in [5, 5.41) is 0. The van der Waals surface area contributed by atoms with Crippen molar-refractivity contribution in [2.24, 2.45) is 5.92 Å². The lowest BCUT2D eigenvalue weighted by molar-refractivity contribution is 0.0525. The summed E-state index contributed by atoms with van der Waals surface area (Å²) >= 11 is 0. The van der Waals surface area contributed by atoms with Crippen LogP contribution in [0.2, 0.25) is 0 Å². The van der Waals surface area contributed by atoms with E-state index in [0.717, 1.165) is 24.6 Å². The quantitative estimate of drug-likeness (QED) is 0.856. The number of hydrogen-bond acceptors (Lipinski definition) is 5. The van der Waals surface area contributed by atoms with Gasteiger partial charge in [-0.2, -0.15) is 0 Å². The molecule has 5 nitrogen and oxygen atoms in total. The molecule has 20 heavy (non-hydrogen) atoms. The molecule has 1 heterocycles. The second-order valence-corrected chi connectivity index (χ2v) is 5.43. The highest BCUT2D eigenvalue weighted by Gasteiger charge is 2.28. The van der Waals surface area contributed by atoms with E-state index in [4.69, 9.17) is 10.5 Å². The minimum Gasteiger partial charge on any atom is -0.462 e. The van der Waals surface area contributed by atoms with Crippen molar-refractivity contribution in [3.8, 4) is 0 Å². The highest BCUT2D eigenvalue weighted by atomic mass is 16.5. The van der Waals surface area contributed by atoms with Crippen LogP contribution in [0.5, 0.6) is 0 Å². The van der Waals surface area contributed by atoms with Gasteiger partial charge in [0.25, 0.3) is 0 Å². The van der Waals surface area contributed by atoms with Crippen LogP contribution in [-0.4, -0.2) is 22.5 Å². The molecule has 0 aliphatic heterocycles. The molecule has 1 saturated carbocycles. The summed E-state index contributed by atoms with van der Waals surface area (Å²) in [5.41, 5.74) is 6.86. The molecule has 0 saturated heterocycles. The third-order valence-electron chi connectivity index (χ3n) is 4.10. The van der Waals surface area contributed by atoms with Crippen LogP contribution in [0.4, 0.5) is 5.82 Å². The van der Waals surface area contributed by atoms with Crippen LogP contribution in [0.1, 0.15) is 67.3 Å². The minimum atomic E-state index is -0.438. The number of nitrogens with two attached hydrogens (primary N) is 1. The average molecular weight is 277 g/mol. The Hall–Kier alpha value is -1.65. The topological polar surface area (TPSA) is 78.1 Å². The Bertz CT molecular complexity index is 479. The van der Waals surface area contributed by atoms with E-state index in [9.17, 15) is 4.79 Å². The van der Waals surface area contributed by atoms with E-state index >= 15 is 0 Å². The van der Waals surface area contributed by atoms with Crippen LogP contribution in [0.3, 0.4) is 0 Å². The van der Waals surface area contributed by atoms with Crippen molar-refractivity contribution in [2.45, 2.75) is 52.4 Å². The summed E-state index contributed by atoms with van der Waals surface area (Å²) in [5.74, 6) is 1.72. The first-order valence-electron chi connectivity index (χ1n) is 7.37. The SMILES string of the molecule is CCOC(=O)c1c(C)nc(C2CCC(CC)C2)nc1N. The van der Waals surface area contributed by atoms with Crippen molar-refractivity contribution in [1.82, 2.24) is 9.97 Å². The normalized spacial score (nSPS) is 21.9. The number of rotatable bonds is 4. The highest BCUT2D eigenvalue weighted by molar-refractivity contribution is 5.95. The van der Waals surface area contributed by atoms with Crippen LogP contribution in [0.25, 0.3) is 0 Å². The zero-order chi connectivity index (χ0) is 14.7. The number of nitrogens with zero attached hydrogens (tertiary/aromatic N) is 2. The first-order valence-corrected chi connectivity index (χ1v) is 7.37. The third-order valence-corrected chi connectivity index (χ3v) is 4.10. The van der Waals surface area contributed by atoms with Crippen LogP contribution < -0.4 is 5.73 Å². The van der Waals surface area contributed by atoms with Gasteiger partial charge >= 0.3 is 5.97 Å². The van der Waals surface area contributed by atoms with Crippen LogP contribution in [0.15, 0.2) is 0 Å². The molecule has 1 aliphatic rings. The zero-order valence-electron chi connectivity index (χ0n) is 12.5. The Kier molecular flexibility index (Phi) is 4.57. The molecule has 5 heteroatoms. The molecule has 110 valence electrons. The maximum absolute atomic E-state index is 11.8. The lowest BCUT2D eigenvalue weighted by atomic mass is 10.0. The van der Waals surface area contributed by atoms with Crippen molar-refractivity contribution in [3.05, 3.63) is 17.1 Å². The van der Waals surface area contributed by atoms with Crippen LogP contribution in [-0.2, 0) is 4.74 Å². The van der Waals surface area contributed by atoms with Gasteiger partial charge in [0, 0.05) is 5.92 Å². The van der Waals surface area contributed by atoms with Crippen molar-refractivity contribution in [2.75, 3.05) is 12.3 Å². The molecule has 2 unspecified atom stereocenters. The number of carbonyl (C=O) groups excluding carboxylic acids is 1. The molecule has 0 aromatic carbocycles. The van der Waals surface area contributed by atoms with Gasteiger partial charge in [0.1, 0.15) is 17.2 Å². The second-order valence-electron chi connectivity index (χ2n) is 5.43. The Morgan fingerprint density at radius 3 is 2.65 bits per heavy atom. The number of hydrogen-bond donors (Lipinski definition) is 1. The van der Waals surface area contributed by atoms with E-state index in [1.165, 1.54) is 12.8 Å². The lowest BCUT2D eigenvalue weighted by Gasteiger charge is -2.13. The number of aryl methyl sites for hydroxylation is 1. The van der Waals surface area contributed by atoms with E-state index < -0.39 is 5.97 Å². The van der Waals surface area contributed by atoms with E-state index in [0.29, 0.717) is 23.8 Å². The van der Waals surface area contributed by atoms with Gasteiger partial charge < -0.3 is 10.5 Å². The van der Waals surface area contributed by atoms with Gasteiger partial charge in [-0.25, -0.2) is 14.8 Å². The van der Waals surface area contributed by atoms with E-state index in [-0.39, 0.29) is 5.82 Å². The molecule has 2 atom stereocenters. The fourth-order valence-electron chi connectivity index (χ4n) is 2.94. The second kappa shape index (κ2) is 6.20. The summed E-state index contributed by atoms with van der Waals surface area (Å²) in [7, 11) is 0. The lowest BCUT2D eigenvalue weighted by Crippen LogP contribution is -2.15. The molecule has 1 aliphatic carbocycles. The Morgan fingerprint density at radius 1 is 1.35 bits per heavy atom. The first kappa shape index (κ1) is 14.8. The monoisotopic (exact) mass is 277 g/mol. The predicted molar refractivity (Wildman–Crippen MR) is 77.5 cm³/mol. The van der Waals surface area contributed by atoms with E-state index in [1.807, 2.05) is 0 Å². The Balaban J connectivity index is 2.24. The average Bonchev–Trinajstić information content (AvgIpc) is 2.86. The first-order chi connectivity index (χ1) is 9.56. The van der Waals surface area contributed by atoms with E-state index in [2.05, 4.69) is 16.9 Å². The Labute approximate surface area is 119 Å². The van der Waals surface area contributed by atoms with E-state index in [1.54, 1.807) is 13.8 Å². The number of aromatic nitrogens is 2. The number of esters is 1. The number of nitrogen functional groups attached to an aromatic ring is 1. The molecule has 0 amide bonds. The largest absolute Gasteiger partial charge is 0.462 e. The van der Waals surface area contributed by atoms with Gasteiger partial charge in [-0.1, -0.05) is 13.3 Å². The minimum absolute atomic E-state index is 0.242. The van der Waals surface area contributed by atoms with Gasteiger partial charge in [-0.05, 0) is 39.0 Å². The summed E-state index contributed by atoms with van der Waals surface area (Å²) in [6.07, 6.45) is 4.65. The smallest absolute Gasteiger partial charge is 0.343 e. The number of ether oxygens (including phenoxy) is 1. The van der Waals surface area contributed by atoms with Gasteiger partial charge in [-0.15, -0.1) is 0 Å². The number of anilines is 1. The highest BCUT2D eigenvalue weighted by Crippen LogP contribution is 2.38. The molecule has 0 bridgehead atoms. The van der Waals surface area contributed by atoms with Crippen molar-refractivity contribution in [3.63, 3.8) is 0 Å². The molecule has 2 rings (SSSR count). The van der Waals surface area contributed by atoms with Crippen molar-refractivity contribution in [1.29, 1.82) is 0 Å². The van der Waals surface area contributed by atoms with Crippen molar-refractivity contribution >= 4 is 11.8 Å². The van der Waals surface area contributed by atoms with Gasteiger partial charge in [0.15, 0.2) is 0 Å². The molecule has 0 spiro atoms. The fraction of sp³-hybridized carbons (Fsp3) is 0.667. The third kappa shape index (κ3) is 2.92. The van der Waals surface area contributed by atoms with Crippen LogP contribution >= 0.6 is 0 Å². The summed E-state index contributed by atoms with van der Waals surface area (Å²) < 4.78 is 4.99. The fourth-order valence-corrected chi connectivity index (χ4v) is 2.94. The molecule has 1 aromatic rings.